The molecule has 0 aliphatic heterocycles. The number of carbonyl (C=O) groups is 1. The number of phenols is 2. The van der Waals surface area contributed by atoms with Gasteiger partial charge in [0, 0.05) is 6.07 Å². The summed E-state index contributed by atoms with van der Waals surface area (Å²) in [6, 6.07) is 8.76. The molecular weight excluding hydrogens is 629 g/mol. The van der Waals surface area contributed by atoms with Crippen LogP contribution in [0.2, 0.25) is 0 Å². The largest absolute Gasteiger partial charge is 1.00 e. The van der Waals surface area contributed by atoms with Crippen molar-refractivity contribution in [1.29, 1.82) is 0 Å². The molecule has 42 heavy (non-hydrogen) atoms. The number of anilines is 1. The maximum Gasteiger partial charge on any atom is 1.00 e. The Kier molecular flexibility index (Phi) is 9.06. The zero-order valence-corrected chi connectivity index (χ0v) is 25.5. The van der Waals surface area contributed by atoms with Crippen molar-refractivity contribution in [3.8, 4) is 11.5 Å². The van der Waals surface area contributed by atoms with Crippen molar-refractivity contribution in [3.05, 3.63) is 66.2 Å². The number of carboxylic acids is 1. The fourth-order valence-electron chi connectivity index (χ4n) is 3.72. The van der Waals surface area contributed by atoms with Gasteiger partial charge in [-0.25, -0.2) is 13.2 Å². The number of nitrogens with two attached hydrogens (primary N) is 1. The maximum absolute atomic E-state index is 13.4. The van der Waals surface area contributed by atoms with Crippen LogP contribution >= 0.6 is 0 Å². The van der Waals surface area contributed by atoms with Gasteiger partial charge < -0.3 is 21.1 Å². The number of fused-ring (bicyclic) bond motifs is 1. The topological polar surface area (TPSA) is 271 Å². The number of azo groups is 1. The molecule has 0 amide bonds. The van der Waals surface area contributed by atoms with Crippen LogP contribution in [0.25, 0.3) is 10.8 Å². The van der Waals surface area contributed by atoms with Gasteiger partial charge in [0.2, 0.25) is 9.84 Å². The van der Waals surface area contributed by atoms with Gasteiger partial charge in [-0.1, -0.05) is 6.07 Å². The predicted octanol–water partition coefficient (Wildman–Crippen LogP) is 0.277. The minimum Gasteiger partial charge on any atom is -0.507 e. The first-order valence-electron chi connectivity index (χ1n) is 10.8. The molecule has 214 valence electrons. The number of hydrogen-bond acceptors (Lipinski definition) is 12. The Morgan fingerprint density at radius 1 is 0.714 bits per heavy atom. The van der Waals surface area contributed by atoms with Crippen LogP contribution in [0.3, 0.4) is 0 Å². The van der Waals surface area contributed by atoms with E-state index in [1.165, 1.54) is 12.1 Å². The van der Waals surface area contributed by atoms with E-state index >= 15 is 0 Å². The summed E-state index contributed by atoms with van der Waals surface area (Å²) < 4.78 is 92.3. The molecule has 0 aliphatic rings. The number of nitrogen functional groups attached to an aromatic ring is 1. The van der Waals surface area contributed by atoms with E-state index in [1.807, 2.05) is 0 Å². The van der Waals surface area contributed by atoms with E-state index in [0.29, 0.717) is 18.2 Å². The molecule has 0 unspecified atom stereocenters. The third-order valence-electron chi connectivity index (χ3n) is 5.66. The van der Waals surface area contributed by atoms with Gasteiger partial charge in [0.1, 0.15) is 28.4 Å². The molecule has 0 saturated heterocycles. The molecule has 0 aliphatic carbocycles. The van der Waals surface area contributed by atoms with Crippen LogP contribution in [0.4, 0.5) is 17.1 Å². The van der Waals surface area contributed by atoms with E-state index in [4.69, 9.17) is 5.73 Å². The Labute approximate surface area is 259 Å². The molecule has 4 rings (SSSR count). The molecule has 0 bridgehead atoms. The van der Waals surface area contributed by atoms with Crippen molar-refractivity contribution in [2.75, 3.05) is 5.73 Å². The van der Waals surface area contributed by atoms with Gasteiger partial charge in [-0.2, -0.15) is 16.8 Å². The summed E-state index contributed by atoms with van der Waals surface area (Å²) in [7, 11) is -14.3. The van der Waals surface area contributed by atoms with Crippen LogP contribution in [0.1, 0.15) is 10.4 Å². The Bertz CT molecular complexity index is 2130. The second-order valence-corrected chi connectivity index (χ2v) is 13.1. The van der Waals surface area contributed by atoms with E-state index in [1.54, 1.807) is 0 Å². The molecule has 0 radical (unpaired) electrons. The minimum absolute atomic E-state index is 0. The van der Waals surface area contributed by atoms with Crippen LogP contribution in [-0.4, -0.2) is 55.6 Å². The molecule has 7 N–H and O–H groups in total. The summed E-state index contributed by atoms with van der Waals surface area (Å²) in [5.41, 5.74) is 4.09. The number of benzene rings is 4. The maximum atomic E-state index is 13.4. The number of aromatic hydroxyl groups is 2. The summed E-state index contributed by atoms with van der Waals surface area (Å²) in [5, 5.41) is 37.0. The quantitative estimate of drug-likeness (QED) is 0.0682. The molecule has 0 spiro atoms. The SMILES string of the molecule is Nc1ccc2cc(S(=O)(=O)O)cc(O)c2c1N=Nc1cc(S(=O)(=O)O)ccc1S(=O)(=O)c1ccc(O)c(C(=O)O)c1.[Na+]. The van der Waals surface area contributed by atoms with Crippen molar-refractivity contribution in [2.45, 2.75) is 19.6 Å². The summed E-state index contributed by atoms with van der Waals surface area (Å²) in [4.78, 5) is 8.64. The number of sulfone groups is 1. The van der Waals surface area contributed by atoms with Gasteiger partial charge in [-0.05, 0) is 53.9 Å². The van der Waals surface area contributed by atoms with Crippen molar-refractivity contribution in [3.63, 3.8) is 0 Å². The van der Waals surface area contributed by atoms with Gasteiger partial charge in [-0.3, -0.25) is 9.11 Å². The average molecular weight is 647 g/mol. The number of nitrogens with zero attached hydrogens (tertiary/aromatic N) is 2. The van der Waals surface area contributed by atoms with E-state index in [2.05, 4.69) is 10.2 Å². The Balaban J connectivity index is 0.00000484. The first kappa shape index (κ1) is 32.9. The number of phenolic OH excluding ortho intramolecular Hbond substituents is 1. The fraction of sp³-hybridized carbons (Fsp3) is 0. The normalized spacial score (nSPS) is 12.3. The van der Waals surface area contributed by atoms with Crippen molar-refractivity contribution in [1.82, 2.24) is 0 Å². The standard InChI is InChI=1S/C23H17N3O12S3.Na/c24-16-4-1-11-7-14(41(36,37)38)10-19(28)21(11)22(16)26-25-17-9-13(40(33,34)35)3-6-20(17)39(31,32)12-2-5-18(27)15(8-12)23(29)30;/h1-10,27-28H,24H2,(H,29,30)(H,33,34,35)(H,36,37,38);/q;+1. The second kappa shape index (κ2) is 11.6. The molecule has 19 heteroatoms. The summed E-state index contributed by atoms with van der Waals surface area (Å²) in [5.74, 6) is -3.06. The molecule has 4 aromatic rings. The van der Waals surface area contributed by atoms with Crippen LogP contribution in [0, 0.1) is 0 Å². The van der Waals surface area contributed by atoms with Gasteiger partial charge in [0.25, 0.3) is 20.2 Å². The second-order valence-electron chi connectivity index (χ2n) is 8.31. The van der Waals surface area contributed by atoms with Gasteiger partial charge in [0.05, 0.1) is 30.7 Å². The van der Waals surface area contributed by atoms with Gasteiger partial charge >= 0.3 is 35.5 Å². The van der Waals surface area contributed by atoms with E-state index < -0.39 is 78.4 Å². The minimum atomic E-state index is -4.88. The van der Waals surface area contributed by atoms with Gasteiger partial charge in [-0.15, -0.1) is 10.2 Å². The summed E-state index contributed by atoms with van der Waals surface area (Å²) >= 11 is 0. The zero-order chi connectivity index (χ0) is 30.5. The van der Waals surface area contributed by atoms with Crippen LogP contribution in [0.5, 0.6) is 11.5 Å². The van der Waals surface area contributed by atoms with E-state index in [9.17, 15) is 54.5 Å². The molecule has 15 nitrogen and oxygen atoms in total. The van der Waals surface area contributed by atoms with Crippen molar-refractivity contribution in [2.24, 2.45) is 10.2 Å². The summed E-state index contributed by atoms with van der Waals surface area (Å²) in [6.45, 7) is 0. The third kappa shape index (κ3) is 6.40. The van der Waals surface area contributed by atoms with Gasteiger partial charge in [0.15, 0.2) is 0 Å². The number of aromatic carboxylic acids is 1. The van der Waals surface area contributed by atoms with Crippen LogP contribution in [0.15, 0.2) is 90.5 Å². The average Bonchev–Trinajstić information content (AvgIpc) is 2.86. The molecule has 0 aromatic heterocycles. The number of rotatable bonds is 7. The van der Waals surface area contributed by atoms with Crippen LogP contribution in [-0.2, 0) is 30.1 Å². The molecule has 0 atom stereocenters. The van der Waals surface area contributed by atoms with E-state index in [0.717, 1.165) is 30.3 Å². The molecule has 0 fully saturated rings. The zero-order valence-electron chi connectivity index (χ0n) is 21.1. The van der Waals surface area contributed by atoms with Crippen molar-refractivity contribution < 1.29 is 84.0 Å². The number of hydrogen-bond donors (Lipinski definition) is 6. The predicted molar refractivity (Wildman–Crippen MR) is 141 cm³/mol. The Hall–Kier alpha value is -3.62. The molecule has 4 aromatic carbocycles. The summed E-state index contributed by atoms with van der Waals surface area (Å²) in [6.07, 6.45) is 0. The molecular formula is C23H17N3NaO12S3+. The molecule has 0 heterocycles. The first-order chi connectivity index (χ1) is 18.9. The number of carboxylic acid groups (broad SMARTS) is 1. The molecule has 0 saturated carbocycles. The van der Waals surface area contributed by atoms with Crippen molar-refractivity contribution >= 4 is 63.9 Å². The Morgan fingerprint density at radius 3 is 1.93 bits per heavy atom. The Morgan fingerprint density at radius 2 is 1.33 bits per heavy atom. The monoisotopic (exact) mass is 646 g/mol. The van der Waals surface area contributed by atoms with E-state index in [-0.39, 0.29) is 51.7 Å². The third-order valence-corrected chi connectivity index (χ3v) is 9.14. The first-order valence-corrected chi connectivity index (χ1v) is 15.1. The fourth-order valence-corrected chi connectivity index (χ4v) is 6.15. The van der Waals surface area contributed by atoms with Crippen LogP contribution < -0.4 is 35.3 Å². The smallest absolute Gasteiger partial charge is 0.507 e.